The van der Waals surface area contributed by atoms with E-state index in [0.717, 1.165) is 15.6 Å². The van der Waals surface area contributed by atoms with Crippen LogP contribution in [0.3, 0.4) is 0 Å². The first kappa shape index (κ1) is 17.3. The van der Waals surface area contributed by atoms with Crippen molar-refractivity contribution in [3.63, 3.8) is 0 Å². The molecule has 0 bridgehead atoms. The largest absolute Gasteiger partial charge is 0.482 e. The van der Waals surface area contributed by atoms with E-state index in [9.17, 15) is 4.79 Å². The SMILES string of the molecule is Cc1cc(Cl)ccc1OCC(=O)Oc1c(C)cc(Br)cc1Br. The van der Waals surface area contributed by atoms with Gasteiger partial charge in [-0.3, -0.25) is 0 Å². The maximum absolute atomic E-state index is 11.9. The average Bonchev–Trinajstić information content (AvgIpc) is 2.42. The topological polar surface area (TPSA) is 35.5 Å². The fourth-order valence-corrected chi connectivity index (χ4v) is 3.62. The van der Waals surface area contributed by atoms with Crippen molar-refractivity contribution in [2.45, 2.75) is 13.8 Å². The molecule has 0 aromatic heterocycles. The number of hydrogen-bond acceptors (Lipinski definition) is 3. The number of benzene rings is 2. The maximum atomic E-state index is 11.9. The van der Waals surface area contributed by atoms with Gasteiger partial charge in [-0.05, 0) is 71.2 Å². The summed E-state index contributed by atoms with van der Waals surface area (Å²) in [5.41, 5.74) is 1.71. The Balaban J connectivity index is 2.02. The van der Waals surface area contributed by atoms with Gasteiger partial charge in [0.25, 0.3) is 0 Å². The minimum atomic E-state index is -0.472. The summed E-state index contributed by atoms with van der Waals surface area (Å²) in [6, 6.07) is 8.91. The van der Waals surface area contributed by atoms with E-state index in [1.54, 1.807) is 18.2 Å². The standard InChI is InChI=1S/C16H13Br2ClO3/c1-9-6-12(19)3-4-14(9)21-8-15(20)22-16-10(2)5-11(17)7-13(16)18/h3-7H,8H2,1-2H3. The van der Waals surface area contributed by atoms with Crippen molar-refractivity contribution in [3.8, 4) is 11.5 Å². The molecule has 0 spiro atoms. The second kappa shape index (κ2) is 7.49. The van der Waals surface area contributed by atoms with E-state index in [4.69, 9.17) is 21.1 Å². The molecular formula is C16H13Br2ClO3. The fraction of sp³-hybridized carbons (Fsp3) is 0.188. The van der Waals surface area contributed by atoms with Crippen molar-refractivity contribution < 1.29 is 14.3 Å². The van der Waals surface area contributed by atoms with E-state index in [1.807, 2.05) is 26.0 Å². The number of carbonyl (C=O) groups excluding carboxylic acids is 1. The van der Waals surface area contributed by atoms with Gasteiger partial charge in [0.1, 0.15) is 11.5 Å². The Hall–Kier alpha value is -1.04. The van der Waals surface area contributed by atoms with Crippen LogP contribution in [0.1, 0.15) is 11.1 Å². The summed E-state index contributed by atoms with van der Waals surface area (Å²) in [5, 5.41) is 0.627. The molecule has 2 aromatic carbocycles. The molecule has 0 unspecified atom stereocenters. The Bertz CT molecular complexity index is 694. The lowest BCUT2D eigenvalue weighted by molar-refractivity contribution is -0.136. The molecule has 2 aromatic rings. The Kier molecular flexibility index (Phi) is 5.89. The zero-order valence-corrected chi connectivity index (χ0v) is 15.9. The van der Waals surface area contributed by atoms with Crippen LogP contribution in [0.2, 0.25) is 5.02 Å². The van der Waals surface area contributed by atoms with Crippen LogP contribution in [0.4, 0.5) is 0 Å². The van der Waals surface area contributed by atoms with E-state index in [1.165, 1.54) is 0 Å². The molecule has 0 aliphatic carbocycles. The monoisotopic (exact) mass is 446 g/mol. The van der Waals surface area contributed by atoms with Crippen LogP contribution in [-0.2, 0) is 4.79 Å². The van der Waals surface area contributed by atoms with E-state index in [0.29, 0.717) is 21.0 Å². The molecule has 0 radical (unpaired) electrons. The number of ether oxygens (including phenoxy) is 2. The molecule has 2 rings (SSSR count). The lowest BCUT2D eigenvalue weighted by Gasteiger charge is -2.12. The van der Waals surface area contributed by atoms with Crippen molar-refractivity contribution in [1.29, 1.82) is 0 Å². The van der Waals surface area contributed by atoms with Crippen LogP contribution in [-0.4, -0.2) is 12.6 Å². The smallest absolute Gasteiger partial charge is 0.349 e. The number of halogens is 3. The first-order chi connectivity index (χ1) is 10.4. The number of esters is 1. The van der Waals surface area contributed by atoms with E-state index in [2.05, 4.69) is 31.9 Å². The summed E-state index contributed by atoms with van der Waals surface area (Å²) in [7, 11) is 0. The van der Waals surface area contributed by atoms with Gasteiger partial charge in [-0.15, -0.1) is 0 Å². The second-order valence-electron chi connectivity index (χ2n) is 4.71. The van der Waals surface area contributed by atoms with Gasteiger partial charge in [-0.1, -0.05) is 27.5 Å². The van der Waals surface area contributed by atoms with Crippen LogP contribution in [0.15, 0.2) is 39.3 Å². The van der Waals surface area contributed by atoms with Gasteiger partial charge in [0.2, 0.25) is 0 Å². The van der Waals surface area contributed by atoms with Crippen molar-refractivity contribution in [2.24, 2.45) is 0 Å². The average molecular weight is 449 g/mol. The highest BCUT2D eigenvalue weighted by Gasteiger charge is 2.13. The summed E-state index contributed by atoms with van der Waals surface area (Å²) in [4.78, 5) is 11.9. The summed E-state index contributed by atoms with van der Waals surface area (Å²) in [5.74, 6) is 0.623. The van der Waals surface area contributed by atoms with Crippen molar-refractivity contribution in [1.82, 2.24) is 0 Å². The molecule has 6 heteroatoms. The van der Waals surface area contributed by atoms with Crippen LogP contribution in [0.5, 0.6) is 11.5 Å². The first-order valence-corrected chi connectivity index (χ1v) is 8.38. The highest BCUT2D eigenvalue weighted by Crippen LogP contribution is 2.32. The Morgan fingerprint density at radius 3 is 2.50 bits per heavy atom. The van der Waals surface area contributed by atoms with Gasteiger partial charge < -0.3 is 9.47 Å². The van der Waals surface area contributed by atoms with Crippen LogP contribution < -0.4 is 9.47 Å². The lowest BCUT2D eigenvalue weighted by Crippen LogP contribution is -2.18. The van der Waals surface area contributed by atoms with Crippen LogP contribution >= 0.6 is 43.5 Å². The highest BCUT2D eigenvalue weighted by molar-refractivity contribution is 9.11. The Morgan fingerprint density at radius 2 is 1.86 bits per heavy atom. The van der Waals surface area contributed by atoms with Crippen molar-refractivity contribution in [2.75, 3.05) is 6.61 Å². The number of carbonyl (C=O) groups is 1. The lowest BCUT2D eigenvalue weighted by atomic mass is 10.2. The van der Waals surface area contributed by atoms with Gasteiger partial charge in [-0.25, -0.2) is 4.79 Å². The van der Waals surface area contributed by atoms with Gasteiger partial charge in [0.15, 0.2) is 6.61 Å². The summed E-state index contributed by atoms with van der Waals surface area (Å²) < 4.78 is 12.4. The zero-order valence-electron chi connectivity index (χ0n) is 12.0. The highest BCUT2D eigenvalue weighted by atomic mass is 79.9. The molecule has 3 nitrogen and oxygen atoms in total. The number of hydrogen-bond donors (Lipinski definition) is 0. The molecule has 0 fully saturated rings. The predicted molar refractivity (Wildman–Crippen MR) is 93.9 cm³/mol. The van der Waals surface area contributed by atoms with Gasteiger partial charge in [0.05, 0.1) is 4.47 Å². The molecule has 0 N–H and O–H groups in total. The summed E-state index contributed by atoms with van der Waals surface area (Å²) in [6.45, 7) is 3.55. The Labute approximate surface area is 150 Å². The first-order valence-electron chi connectivity index (χ1n) is 6.42. The number of rotatable bonds is 4. The van der Waals surface area contributed by atoms with Gasteiger partial charge in [0, 0.05) is 9.50 Å². The van der Waals surface area contributed by atoms with Crippen LogP contribution in [0.25, 0.3) is 0 Å². The minimum absolute atomic E-state index is 0.176. The zero-order chi connectivity index (χ0) is 16.3. The van der Waals surface area contributed by atoms with E-state index >= 15 is 0 Å². The molecule has 22 heavy (non-hydrogen) atoms. The minimum Gasteiger partial charge on any atom is -0.482 e. The normalized spacial score (nSPS) is 10.4. The van der Waals surface area contributed by atoms with Gasteiger partial charge >= 0.3 is 5.97 Å². The predicted octanol–water partition coefficient (Wildman–Crippen LogP) is 5.47. The molecule has 0 amide bonds. The molecule has 0 heterocycles. The van der Waals surface area contributed by atoms with Crippen LogP contribution in [0, 0.1) is 13.8 Å². The molecule has 0 saturated carbocycles. The quantitative estimate of drug-likeness (QED) is 0.460. The summed E-state index contributed by atoms with van der Waals surface area (Å²) in [6.07, 6.45) is 0. The van der Waals surface area contributed by atoms with Crippen molar-refractivity contribution in [3.05, 3.63) is 55.4 Å². The van der Waals surface area contributed by atoms with Crippen molar-refractivity contribution >= 4 is 49.4 Å². The second-order valence-corrected chi connectivity index (χ2v) is 6.91. The fourth-order valence-electron chi connectivity index (χ4n) is 1.87. The third kappa shape index (κ3) is 4.48. The third-order valence-electron chi connectivity index (χ3n) is 2.89. The molecule has 0 saturated heterocycles. The molecule has 0 atom stereocenters. The summed E-state index contributed by atoms with van der Waals surface area (Å²) >= 11 is 12.6. The van der Waals surface area contributed by atoms with E-state index in [-0.39, 0.29) is 6.61 Å². The maximum Gasteiger partial charge on any atom is 0.349 e. The molecule has 0 aliphatic heterocycles. The van der Waals surface area contributed by atoms with Gasteiger partial charge in [-0.2, -0.15) is 0 Å². The molecule has 116 valence electrons. The molecule has 0 aliphatic rings. The Morgan fingerprint density at radius 1 is 1.14 bits per heavy atom. The molecular weight excluding hydrogens is 435 g/mol. The van der Waals surface area contributed by atoms with E-state index < -0.39 is 5.97 Å². The number of aryl methyl sites for hydroxylation is 2. The third-order valence-corrected chi connectivity index (χ3v) is 4.17.